The standard InChI is InChI=1S/C34H38N6O6/c1-37-15-11-27-29(37)36-22-40(32(27)43)21-34(46)13-17-38(18-14-34)31(42)26-12-16-39(20-28(26)24-5-3-2-4-6-24)30(41)25-9-7-23(8-10-25)19-35-33(44)45/h2-11,15,22,26,28,35,46H,12-14,16-21H2,1H3,(H,44,45)/t26-,28+/m1/s1. The molecule has 4 aromatic rings. The second-order valence-electron chi connectivity index (χ2n) is 12.4. The molecule has 2 aromatic carbocycles. The molecule has 12 nitrogen and oxygen atoms in total. The molecule has 2 aliphatic rings. The van der Waals surface area contributed by atoms with E-state index in [0.29, 0.717) is 62.0 Å². The molecule has 0 unspecified atom stereocenters. The lowest BCUT2D eigenvalue weighted by Gasteiger charge is -2.43. The molecule has 0 aliphatic carbocycles. The molecule has 12 heteroatoms. The fourth-order valence-corrected chi connectivity index (χ4v) is 6.74. The lowest BCUT2D eigenvalue weighted by molar-refractivity contribution is -0.142. The summed E-state index contributed by atoms with van der Waals surface area (Å²) in [7, 11) is 1.83. The van der Waals surface area contributed by atoms with Gasteiger partial charge in [0.1, 0.15) is 12.0 Å². The predicted molar refractivity (Wildman–Crippen MR) is 170 cm³/mol. The van der Waals surface area contributed by atoms with Crippen LogP contribution in [0.5, 0.6) is 0 Å². The zero-order valence-electron chi connectivity index (χ0n) is 25.7. The zero-order chi connectivity index (χ0) is 32.4. The maximum atomic E-state index is 14.0. The van der Waals surface area contributed by atoms with Crippen LogP contribution in [0.25, 0.3) is 11.0 Å². The summed E-state index contributed by atoms with van der Waals surface area (Å²) in [5.74, 6) is -0.642. The largest absolute Gasteiger partial charge is 0.465 e. The molecule has 2 aromatic heterocycles. The van der Waals surface area contributed by atoms with E-state index in [9.17, 15) is 24.3 Å². The van der Waals surface area contributed by atoms with Crippen LogP contribution >= 0.6 is 0 Å². The van der Waals surface area contributed by atoms with Gasteiger partial charge in [0, 0.05) is 63.4 Å². The van der Waals surface area contributed by atoms with Crippen molar-refractivity contribution in [2.24, 2.45) is 13.0 Å². The Balaban J connectivity index is 1.12. The number of aliphatic hydroxyl groups is 1. The van der Waals surface area contributed by atoms with Gasteiger partial charge in [-0.25, -0.2) is 9.78 Å². The van der Waals surface area contributed by atoms with Crippen LogP contribution in [-0.2, 0) is 24.9 Å². The van der Waals surface area contributed by atoms with Gasteiger partial charge < -0.3 is 29.9 Å². The van der Waals surface area contributed by atoms with E-state index in [1.54, 1.807) is 46.0 Å². The monoisotopic (exact) mass is 626 g/mol. The molecule has 2 aliphatic heterocycles. The molecule has 4 heterocycles. The Kier molecular flexibility index (Phi) is 8.63. The molecule has 2 fully saturated rings. The molecule has 46 heavy (non-hydrogen) atoms. The lowest BCUT2D eigenvalue weighted by atomic mass is 9.79. The maximum Gasteiger partial charge on any atom is 0.404 e. The van der Waals surface area contributed by atoms with Crippen molar-refractivity contribution in [1.82, 2.24) is 29.2 Å². The Morgan fingerprint density at radius 3 is 2.39 bits per heavy atom. The number of benzene rings is 2. The minimum Gasteiger partial charge on any atom is -0.465 e. The average Bonchev–Trinajstić information content (AvgIpc) is 3.46. The van der Waals surface area contributed by atoms with E-state index in [1.807, 2.05) is 42.3 Å². The predicted octanol–water partition coefficient (Wildman–Crippen LogP) is 2.80. The third-order valence-electron chi connectivity index (χ3n) is 9.41. The highest BCUT2D eigenvalue weighted by molar-refractivity contribution is 5.94. The quantitative estimate of drug-likeness (QED) is 0.286. The number of amides is 3. The Hall–Kier alpha value is -4.97. The number of nitrogens with zero attached hydrogens (tertiary/aromatic N) is 5. The molecular weight excluding hydrogens is 588 g/mol. The molecule has 0 radical (unpaired) electrons. The molecule has 6 rings (SSSR count). The lowest BCUT2D eigenvalue weighted by Crippen LogP contribution is -2.53. The summed E-state index contributed by atoms with van der Waals surface area (Å²) in [6, 6.07) is 18.4. The number of hydrogen-bond acceptors (Lipinski definition) is 6. The van der Waals surface area contributed by atoms with Gasteiger partial charge in [-0.05, 0) is 48.6 Å². The number of rotatable bonds is 7. The van der Waals surface area contributed by atoms with E-state index in [0.717, 1.165) is 11.1 Å². The second kappa shape index (κ2) is 12.8. The molecule has 240 valence electrons. The van der Waals surface area contributed by atoms with Crippen LogP contribution in [0.4, 0.5) is 4.79 Å². The highest BCUT2D eigenvalue weighted by Crippen LogP contribution is 2.36. The second-order valence-corrected chi connectivity index (χ2v) is 12.4. The van der Waals surface area contributed by atoms with E-state index in [1.165, 1.54) is 10.9 Å². The van der Waals surface area contributed by atoms with Crippen LogP contribution in [0.2, 0.25) is 0 Å². The van der Waals surface area contributed by atoms with Gasteiger partial charge in [0.25, 0.3) is 11.5 Å². The molecule has 0 bridgehead atoms. The Bertz CT molecular complexity index is 1790. The summed E-state index contributed by atoms with van der Waals surface area (Å²) < 4.78 is 3.24. The van der Waals surface area contributed by atoms with E-state index in [4.69, 9.17) is 5.11 Å². The van der Waals surface area contributed by atoms with Crippen molar-refractivity contribution in [3.63, 3.8) is 0 Å². The first-order chi connectivity index (χ1) is 22.1. The molecule has 0 spiro atoms. The van der Waals surface area contributed by atoms with Crippen LogP contribution in [0.3, 0.4) is 0 Å². The van der Waals surface area contributed by atoms with Gasteiger partial charge in [0.15, 0.2) is 0 Å². The number of carbonyl (C=O) groups excluding carboxylic acids is 2. The van der Waals surface area contributed by atoms with E-state index in [-0.39, 0.29) is 42.3 Å². The number of carboxylic acid groups (broad SMARTS) is 1. The number of carbonyl (C=O) groups is 3. The molecule has 0 saturated carbocycles. The molecule has 3 N–H and O–H groups in total. The smallest absolute Gasteiger partial charge is 0.404 e. The van der Waals surface area contributed by atoms with Crippen LogP contribution in [0.1, 0.15) is 46.7 Å². The zero-order valence-corrected chi connectivity index (χ0v) is 25.7. The van der Waals surface area contributed by atoms with Gasteiger partial charge in [-0.1, -0.05) is 42.5 Å². The van der Waals surface area contributed by atoms with Crippen molar-refractivity contribution in [3.05, 3.63) is 100 Å². The van der Waals surface area contributed by atoms with Crippen LogP contribution in [-0.4, -0.2) is 83.8 Å². The normalized spacial score (nSPS) is 19.6. The number of likely N-dealkylation sites (tertiary alicyclic amines) is 2. The van der Waals surface area contributed by atoms with E-state index < -0.39 is 11.7 Å². The van der Waals surface area contributed by atoms with Crippen molar-refractivity contribution in [2.75, 3.05) is 26.2 Å². The summed E-state index contributed by atoms with van der Waals surface area (Å²) in [6.45, 7) is 1.81. The van der Waals surface area contributed by atoms with Crippen LogP contribution in [0.15, 0.2) is 78.0 Å². The minimum atomic E-state index is -1.14. The maximum absolute atomic E-state index is 14.0. The topological polar surface area (TPSA) is 150 Å². The third kappa shape index (κ3) is 6.38. The van der Waals surface area contributed by atoms with Crippen molar-refractivity contribution >= 4 is 28.9 Å². The Morgan fingerprint density at radius 1 is 0.978 bits per heavy atom. The molecular formula is C34H38N6O6. The SMILES string of the molecule is Cn1ccc2c(=O)n(CC3(O)CCN(C(=O)[C@@H]4CCN(C(=O)c5ccc(CNC(=O)O)cc5)C[C@H]4c4ccccc4)CC3)cnc21. The van der Waals surface area contributed by atoms with Gasteiger partial charge in [0.2, 0.25) is 5.91 Å². The number of nitrogens with one attached hydrogen (secondary N) is 1. The fourth-order valence-electron chi connectivity index (χ4n) is 6.74. The summed E-state index contributed by atoms with van der Waals surface area (Å²) in [5, 5.41) is 23.1. The summed E-state index contributed by atoms with van der Waals surface area (Å²) >= 11 is 0. The number of piperidine rings is 2. The Morgan fingerprint density at radius 2 is 1.70 bits per heavy atom. The number of fused-ring (bicyclic) bond motifs is 1. The number of aryl methyl sites for hydroxylation is 1. The first kappa shape index (κ1) is 31.0. The van der Waals surface area contributed by atoms with Crippen LogP contribution < -0.4 is 10.9 Å². The highest BCUT2D eigenvalue weighted by atomic mass is 16.4. The Labute approximate surface area is 265 Å². The van der Waals surface area contributed by atoms with Gasteiger partial charge in [-0.2, -0.15) is 0 Å². The number of aromatic nitrogens is 3. The van der Waals surface area contributed by atoms with Gasteiger partial charge in [0.05, 0.1) is 17.5 Å². The van der Waals surface area contributed by atoms with E-state index in [2.05, 4.69) is 10.3 Å². The first-order valence-electron chi connectivity index (χ1n) is 15.5. The van der Waals surface area contributed by atoms with Gasteiger partial charge in [-0.15, -0.1) is 0 Å². The van der Waals surface area contributed by atoms with Crippen molar-refractivity contribution in [3.8, 4) is 0 Å². The van der Waals surface area contributed by atoms with Gasteiger partial charge in [-0.3, -0.25) is 19.0 Å². The third-order valence-corrected chi connectivity index (χ3v) is 9.41. The van der Waals surface area contributed by atoms with Crippen molar-refractivity contribution < 1.29 is 24.6 Å². The average molecular weight is 627 g/mol. The summed E-state index contributed by atoms with van der Waals surface area (Å²) in [5.41, 5.74) is 1.50. The van der Waals surface area contributed by atoms with Crippen LogP contribution in [0, 0.1) is 5.92 Å². The highest BCUT2D eigenvalue weighted by Gasteiger charge is 2.41. The van der Waals surface area contributed by atoms with Gasteiger partial charge >= 0.3 is 6.09 Å². The minimum absolute atomic E-state index is 0.0165. The first-order valence-corrected chi connectivity index (χ1v) is 15.5. The van der Waals surface area contributed by atoms with Crippen molar-refractivity contribution in [2.45, 2.75) is 43.9 Å². The summed E-state index contributed by atoms with van der Waals surface area (Å²) in [4.78, 5) is 59.4. The van der Waals surface area contributed by atoms with Crippen molar-refractivity contribution in [1.29, 1.82) is 0 Å². The molecule has 3 amide bonds. The summed E-state index contributed by atoms with van der Waals surface area (Å²) in [6.07, 6.45) is 3.33. The fraction of sp³-hybridized carbons (Fsp3) is 0.382. The molecule has 2 saturated heterocycles. The molecule has 2 atom stereocenters. The van der Waals surface area contributed by atoms with E-state index >= 15 is 0 Å². The number of hydrogen-bond donors (Lipinski definition) is 3.